The van der Waals surface area contributed by atoms with Gasteiger partial charge in [-0.15, -0.1) is 0 Å². The van der Waals surface area contributed by atoms with E-state index in [1.54, 1.807) is 13.2 Å². The fourth-order valence-electron chi connectivity index (χ4n) is 2.39. The van der Waals surface area contributed by atoms with Crippen LogP contribution < -0.4 is 11.1 Å². The lowest BCUT2D eigenvalue weighted by Crippen LogP contribution is -2.25. The van der Waals surface area contributed by atoms with Gasteiger partial charge in [-0.1, -0.05) is 24.6 Å². The molecule has 1 aromatic carbocycles. The molecule has 0 saturated carbocycles. The predicted molar refractivity (Wildman–Crippen MR) is 93.7 cm³/mol. The lowest BCUT2D eigenvalue weighted by atomic mass is 10.0. The van der Waals surface area contributed by atoms with Crippen molar-refractivity contribution in [3.05, 3.63) is 41.0 Å². The highest BCUT2D eigenvalue weighted by Gasteiger charge is 2.31. The van der Waals surface area contributed by atoms with Crippen LogP contribution in [0.3, 0.4) is 0 Å². The molecular weight excluding hydrogens is 355 g/mol. The van der Waals surface area contributed by atoms with Crippen molar-refractivity contribution in [2.24, 2.45) is 0 Å². The van der Waals surface area contributed by atoms with Gasteiger partial charge in [0.25, 0.3) is 0 Å². The van der Waals surface area contributed by atoms with Crippen molar-refractivity contribution in [1.82, 2.24) is 4.98 Å². The van der Waals surface area contributed by atoms with Gasteiger partial charge in [-0.25, -0.2) is 4.98 Å². The lowest BCUT2D eigenvalue weighted by molar-refractivity contribution is -0.137. The van der Waals surface area contributed by atoms with E-state index in [1.165, 1.54) is 12.3 Å². The Morgan fingerprint density at radius 2 is 2.00 bits per heavy atom. The maximum atomic E-state index is 12.8. The summed E-state index contributed by atoms with van der Waals surface area (Å²) in [7, 11) is 1.60. The molecule has 1 heterocycles. The average molecular weight is 374 g/mol. The first-order valence-corrected chi connectivity index (χ1v) is 8.02. The molecule has 0 saturated heterocycles. The van der Waals surface area contributed by atoms with Crippen LogP contribution in [0.4, 0.5) is 24.7 Å². The number of nitrogens with two attached hydrogens (primary N) is 1. The van der Waals surface area contributed by atoms with Crippen LogP contribution in [0.25, 0.3) is 11.1 Å². The summed E-state index contributed by atoms with van der Waals surface area (Å²) in [6.45, 7) is 2.46. The molecule has 2 aromatic rings. The van der Waals surface area contributed by atoms with Gasteiger partial charge in [0.15, 0.2) is 0 Å². The van der Waals surface area contributed by atoms with Crippen molar-refractivity contribution in [1.29, 1.82) is 0 Å². The van der Waals surface area contributed by atoms with Crippen LogP contribution >= 0.6 is 11.6 Å². The average Bonchev–Trinajstić information content (AvgIpc) is 2.55. The van der Waals surface area contributed by atoms with E-state index < -0.39 is 11.7 Å². The maximum absolute atomic E-state index is 12.8. The van der Waals surface area contributed by atoms with Crippen LogP contribution in [0.1, 0.15) is 18.9 Å². The molecule has 2 rings (SSSR count). The highest BCUT2D eigenvalue weighted by atomic mass is 35.5. The van der Waals surface area contributed by atoms with Crippen molar-refractivity contribution < 1.29 is 17.9 Å². The van der Waals surface area contributed by atoms with Crippen LogP contribution in [-0.2, 0) is 10.9 Å². The number of methoxy groups -OCH3 is 1. The van der Waals surface area contributed by atoms with Gasteiger partial charge in [0, 0.05) is 29.5 Å². The van der Waals surface area contributed by atoms with Gasteiger partial charge in [0.1, 0.15) is 5.82 Å². The van der Waals surface area contributed by atoms with Crippen molar-refractivity contribution in [2.75, 3.05) is 24.8 Å². The molecule has 4 nitrogen and oxygen atoms in total. The number of rotatable bonds is 6. The van der Waals surface area contributed by atoms with E-state index in [-0.39, 0.29) is 11.1 Å². The Labute approximate surface area is 149 Å². The number of aromatic nitrogens is 1. The van der Waals surface area contributed by atoms with Crippen LogP contribution in [0.5, 0.6) is 0 Å². The summed E-state index contributed by atoms with van der Waals surface area (Å²) >= 11 is 6.06. The smallest absolute Gasteiger partial charge is 0.395 e. The standard InChI is InChI=1S/C17H19ClF3N3O/c1-3-11(9-25-2)24-16-15(22)13(6-7-23-16)12-5-4-10(8-14(12)18)17(19,20)21/h4-8,11H,3,9,22H2,1-2H3,(H,23,24). The number of nitrogens with one attached hydrogen (secondary N) is 1. The molecule has 25 heavy (non-hydrogen) atoms. The van der Waals surface area contributed by atoms with Gasteiger partial charge < -0.3 is 15.8 Å². The van der Waals surface area contributed by atoms with Gasteiger partial charge >= 0.3 is 6.18 Å². The Morgan fingerprint density at radius 3 is 2.56 bits per heavy atom. The van der Waals surface area contributed by atoms with Crippen molar-refractivity contribution >= 4 is 23.1 Å². The van der Waals surface area contributed by atoms with Crippen molar-refractivity contribution in [3.63, 3.8) is 0 Å². The number of halogens is 4. The quantitative estimate of drug-likeness (QED) is 0.760. The summed E-state index contributed by atoms with van der Waals surface area (Å²) in [4.78, 5) is 4.21. The molecule has 0 spiro atoms. The molecule has 0 amide bonds. The van der Waals surface area contributed by atoms with Crippen LogP contribution in [0.2, 0.25) is 5.02 Å². The molecule has 0 aliphatic heterocycles. The molecule has 0 fully saturated rings. The van der Waals surface area contributed by atoms with Gasteiger partial charge in [-0.3, -0.25) is 0 Å². The predicted octanol–water partition coefficient (Wildman–Crippen LogP) is 4.84. The lowest BCUT2D eigenvalue weighted by Gasteiger charge is -2.19. The fraction of sp³-hybridized carbons (Fsp3) is 0.353. The van der Waals surface area contributed by atoms with E-state index in [9.17, 15) is 13.2 Å². The van der Waals surface area contributed by atoms with Gasteiger partial charge in [-0.05, 0) is 24.6 Å². The third-order valence-electron chi connectivity index (χ3n) is 3.78. The maximum Gasteiger partial charge on any atom is 0.416 e. The summed E-state index contributed by atoms with van der Waals surface area (Å²) in [5, 5.41) is 3.15. The SMILES string of the molecule is CCC(COC)Nc1nccc(-c2ccc(C(F)(F)F)cc2Cl)c1N. The van der Waals surface area contributed by atoms with Crippen LogP contribution in [0, 0.1) is 0 Å². The Morgan fingerprint density at radius 1 is 1.28 bits per heavy atom. The number of hydrogen-bond acceptors (Lipinski definition) is 4. The minimum atomic E-state index is -4.45. The number of pyridine rings is 1. The minimum absolute atomic E-state index is 0.0122. The van der Waals surface area contributed by atoms with E-state index >= 15 is 0 Å². The van der Waals surface area contributed by atoms with Crippen LogP contribution in [0.15, 0.2) is 30.5 Å². The Kier molecular flexibility index (Phi) is 6.13. The van der Waals surface area contributed by atoms with Gasteiger partial charge in [0.05, 0.1) is 23.9 Å². The van der Waals surface area contributed by atoms with Gasteiger partial charge in [-0.2, -0.15) is 13.2 Å². The van der Waals surface area contributed by atoms with Crippen molar-refractivity contribution in [3.8, 4) is 11.1 Å². The summed E-state index contributed by atoms with van der Waals surface area (Å²) < 4.78 is 43.5. The highest BCUT2D eigenvalue weighted by molar-refractivity contribution is 6.33. The fourth-order valence-corrected chi connectivity index (χ4v) is 2.67. The second-order valence-electron chi connectivity index (χ2n) is 5.52. The number of anilines is 2. The largest absolute Gasteiger partial charge is 0.416 e. The Bertz CT molecular complexity index is 738. The molecule has 0 aliphatic rings. The Hall–Kier alpha value is -1.99. The number of ether oxygens (including phenoxy) is 1. The summed E-state index contributed by atoms with van der Waals surface area (Å²) in [6, 6.07) is 4.81. The first kappa shape index (κ1) is 19.3. The third-order valence-corrected chi connectivity index (χ3v) is 4.09. The van der Waals surface area contributed by atoms with Gasteiger partial charge in [0.2, 0.25) is 0 Å². The topological polar surface area (TPSA) is 60.2 Å². The molecule has 136 valence electrons. The highest BCUT2D eigenvalue weighted by Crippen LogP contribution is 2.38. The molecular formula is C17H19ClF3N3O. The zero-order chi connectivity index (χ0) is 18.6. The molecule has 1 unspecified atom stereocenters. The number of nitrogens with zero attached hydrogens (tertiary/aromatic N) is 1. The number of nitrogen functional groups attached to an aromatic ring is 1. The summed E-state index contributed by atoms with van der Waals surface area (Å²) in [6.07, 6.45) is -2.13. The molecule has 0 aliphatic carbocycles. The minimum Gasteiger partial charge on any atom is -0.395 e. The Balaban J connectivity index is 2.39. The second kappa shape index (κ2) is 7.93. The van der Waals surface area contributed by atoms with E-state index in [1.807, 2.05) is 6.92 Å². The van der Waals surface area contributed by atoms with E-state index in [0.717, 1.165) is 18.6 Å². The molecule has 1 aromatic heterocycles. The summed E-state index contributed by atoms with van der Waals surface area (Å²) in [5.41, 5.74) is 6.60. The first-order chi connectivity index (χ1) is 11.8. The molecule has 0 bridgehead atoms. The second-order valence-corrected chi connectivity index (χ2v) is 5.93. The number of benzene rings is 1. The zero-order valence-corrected chi connectivity index (χ0v) is 14.6. The normalized spacial score (nSPS) is 12.9. The van der Waals surface area contributed by atoms with E-state index in [2.05, 4.69) is 10.3 Å². The molecule has 0 radical (unpaired) electrons. The first-order valence-electron chi connectivity index (χ1n) is 7.65. The number of alkyl halides is 3. The van der Waals surface area contributed by atoms with E-state index in [4.69, 9.17) is 22.1 Å². The zero-order valence-electron chi connectivity index (χ0n) is 13.8. The number of hydrogen-bond donors (Lipinski definition) is 2. The molecule has 8 heteroatoms. The third kappa shape index (κ3) is 4.55. The van der Waals surface area contributed by atoms with Crippen molar-refractivity contribution in [2.45, 2.75) is 25.6 Å². The van der Waals surface area contributed by atoms with E-state index in [0.29, 0.717) is 29.2 Å². The molecule has 1 atom stereocenters. The molecule has 3 N–H and O–H groups in total. The van der Waals surface area contributed by atoms with Crippen LogP contribution in [-0.4, -0.2) is 24.7 Å². The monoisotopic (exact) mass is 373 g/mol. The summed E-state index contributed by atoms with van der Waals surface area (Å²) in [5.74, 6) is 0.442.